The standard InChI is InChI=1S/C14H23N3O4S.ClH/c1-9(2)7-12(8-15)16-22(20,21)14-11(4)6-5-10(3)13(14)17(18)19;/h5-6,9,12,16H,7-8,15H2,1-4H3;1H. The molecule has 0 aliphatic carbocycles. The SMILES string of the molecule is Cc1ccc(C)c(S(=O)(=O)NC(CN)CC(C)C)c1[N+](=O)[O-].Cl. The summed E-state index contributed by atoms with van der Waals surface area (Å²) >= 11 is 0. The lowest BCUT2D eigenvalue weighted by atomic mass is 10.1. The van der Waals surface area contributed by atoms with E-state index in [0.29, 0.717) is 17.5 Å². The van der Waals surface area contributed by atoms with E-state index in [2.05, 4.69) is 4.72 Å². The first-order chi connectivity index (χ1) is 10.1. The summed E-state index contributed by atoms with van der Waals surface area (Å²) in [6, 6.07) is 2.65. The smallest absolute Gasteiger partial charge is 0.292 e. The third-order valence-corrected chi connectivity index (χ3v) is 5.04. The Morgan fingerprint density at radius 3 is 2.22 bits per heavy atom. The van der Waals surface area contributed by atoms with Crippen molar-refractivity contribution in [1.82, 2.24) is 4.72 Å². The number of nitrogens with two attached hydrogens (primary N) is 1. The van der Waals surface area contributed by atoms with E-state index >= 15 is 0 Å². The van der Waals surface area contributed by atoms with Crippen molar-refractivity contribution in [2.24, 2.45) is 11.7 Å². The van der Waals surface area contributed by atoms with Gasteiger partial charge in [0.15, 0.2) is 4.90 Å². The minimum absolute atomic E-state index is 0. The number of nitrogens with zero attached hydrogens (tertiary/aromatic N) is 1. The predicted molar refractivity (Wildman–Crippen MR) is 92.4 cm³/mol. The van der Waals surface area contributed by atoms with Gasteiger partial charge in [0.25, 0.3) is 5.69 Å². The highest BCUT2D eigenvalue weighted by molar-refractivity contribution is 7.89. The summed E-state index contributed by atoms with van der Waals surface area (Å²) in [5.41, 5.74) is 5.88. The fourth-order valence-electron chi connectivity index (χ4n) is 2.38. The Morgan fingerprint density at radius 2 is 1.78 bits per heavy atom. The molecule has 0 aromatic heterocycles. The molecule has 0 fully saturated rings. The first-order valence-electron chi connectivity index (χ1n) is 7.07. The Balaban J connectivity index is 0.00000484. The van der Waals surface area contributed by atoms with Crippen molar-refractivity contribution in [2.45, 2.75) is 45.1 Å². The van der Waals surface area contributed by atoms with Crippen LogP contribution in [0.3, 0.4) is 0 Å². The van der Waals surface area contributed by atoms with Crippen molar-refractivity contribution in [2.75, 3.05) is 6.54 Å². The van der Waals surface area contributed by atoms with Gasteiger partial charge in [-0.05, 0) is 31.7 Å². The van der Waals surface area contributed by atoms with Gasteiger partial charge in [-0.1, -0.05) is 26.0 Å². The Kier molecular flexibility index (Phi) is 8.13. The summed E-state index contributed by atoms with van der Waals surface area (Å²) in [5.74, 6) is 0.254. The summed E-state index contributed by atoms with van der Waals surface area (Å²) in [4.78, 5) is 10.3. The highest BCUT2D eigenvalue weighted by Gasteiger charge is 2.31. The molecule has 1 unspecified atom stereocenters. The van der Waals surface area contributed by atoms with Gasteiger partial charge in [0.05, 0.1) is 4.92 Å². The third-order valence-electron chi connectivity index (χ3n) is 3.34. The van der Waals surface area contributed by atoms with Crippen LogP contribution in [0.5, 0.6) is 0 Å². The second-order valence-electron chi connectivity index (χ2n) is 5.82. The molecule has 0 heterocycles. The van der Waals surface area contributed by atoms with Gasteiger partial charge in [0.1, 0.15) is 0 Å². The van der Waals surface area contributed by atoms with E-state index in [-0.39, 0.29) is 35.5 Å². The molecule has 132 valence electrons. The number of hydrogen-bond acceptors (Lipinski definition) is 5. The number of nitro groups is 1. The van der Waals surface area contributed by atoms with E-state index in [9.17, 15) is 18.5 Å². The zero-order valence-electron chi connectivity index (χ0n) is 13.7. The molecular weight excluding hydrogens is 342 g/mol. The Morgan fingerprint density at radius 1 is 1.26 bits per heavy atom. The molecule has 0 bridgehead atoms. The Labute approximate surface area is 143 Å². The van der Waals surface area contributed by atoms with Crippen molar-refractivity contribution in [3.63, 3.8) is 0 Å². The summed E-state index contributed by atoms with van der Waals surface area (Å²) < 4.78 is 27.7. The van der Waals surface area contributed by atoms with Gasteiger partial charge in [-0.2, -0.15) is 0 Å². The lowest BCUT2D eigenvalue weighted by molar-refractivity contribution is -0.388. The molecule has 0 aliphatic rings. The maximum absolute atomic E-state index is 12.6. The van der Waals surface area contributed by atoms with Crippen molar-refractivity contribution in [1.29, 1.82) is 0 Å². The number of nitro benzene ring substituents is 1. The van der Waals surface area contributed by atoms with Crippen LogP contribution in [0, 0.1) is 29.9 Å². The number of halogens is 1. The van der Waals surface area contributed by atoms with Crippen LogP contribution in [0.1, 0.15) is 31.4 Å². The van der Waals surface area contributed by atoms with Gasteiger partial charge < -0.3 is 5.73 Å². The molecule has 0 spiro atoms. The number of aryl methyl sites for hydroxylation is 2. The number of nitrogens with one attached hydrogen (secondary N) is 1. The lowest BCUT2D eigenvalue weighted by Gasteiger charge is -2.19. The molecule has 0 amide bonds. The summed E-state index contributed by atoms with van der Waals surface area (Å²) in [5, 5.41) is 11.3. The number of rotatable bonds is 7. The lowest BCUT2D eigenvalue weighted by Crippen LogP contribution is -2.41. The topological polar surface area (TPSA) is 115 Å². The average molecular weight is 366 g/mol. The molecule has 1 aromatic rings. The fraction of sp³-hybridized carbons (Fsp3) is 0.571. The van der Waals surface area contributed by atoms with Gasteiger partial charge in [-0.15, -0.1) is 12.4 Å². The van der Waals surface area contributed by atoms with Crippen molar-refractivity contribution >= 4 is 28.1 Å². The quantitative estimate of drug-likeness (QED) is 0.568. The molecule has 0 aliphatic heterocycles. The van der Waals surface area contributed by atoms with Crippen LogP contribution >= 0.6 is 12.4 Å². The molecule has 1 aromatic carbocycles. The van der Waals surface area contributed by atoms with E-state index in [1.807, 2.05) is 13.8 Å². The average Bonchev–Trinajstić information content (AvgIpc) is 2.38. The van der Waals surface area contributed by atoms with Crippen LogP contribution in [-0.2, 0) is 10.0 Å². The summed E-state index contributed by atoms with van der Waals surface area (Å²) in [6.45, 7) is 7.11. The molecule has 3 N–H and O–H groups in total. The van der Waals surface area contributed by atoms with Gasteiger partial charge in [0, 0.05) is 18.2 Å². The van der Waals surface area contributed by atoms with Gasteiger partial charge in [-0.25, -0.2) is 13.1 Å². The van der Waals surface area contributed by atoms with Gasteiger partial charge >= 0.3 is 0 Å². The molecule has 9 heteroatoms. The van der Waals surface area contributed by atoms with E-state index in [1.165, 1.54) is 6.92 Å². The number of benzene rings is 1. The van der Waals surface area contributed by atoms with Crippen LogP contribution in [0.4, 0.5) is 5.69 Å². The highest BCUT2D eigenvalue weighted by Crippen LogP contribution is 2.30. The van der Waals surface area contributed by atoms with E-state index in [4.69, 9.17) is 5.73 Å². The van der Waals surface area contributed by atoms with Crippen molar-refractivity contribution < 1.29 is 13.3 Å². The Hall–Kier alpha value is -1.22. The highest BCUT2D eigenvalue weighted by atomic mass is 35.5. The fourth-order valence-corrected chi connectivity index (χ4v) is 4.11. The van der Waals surface area contributed by atoms with Crippen LogP contribution in [0.15, 0.2) is 17.0 Å². The van der Waals surface area contributed by atoms with Gasteiger partial charge in [-0.3, -0.25) is 10.1 Å². The van der Waals surface area contributed by atoms with Crippen molar-refractivity contribution in [3.8, 4) is 0 Å². The van der Waals surface area contributed by atoms with Crippen LogP contribution in [-0.4, -0.2) is 25.9 Å². The van der Waals surface area contributed by atoms with E-state index in [1.54, 1.807) is 19.1 Å². The molecule has 0 saturated carbocycles. The molecule has 1 rings (SSSR count). The van der Waals surface area contributed by atoms with Crippen LogP contribution in [0.25, 0.3) is 0 Å². The molecule has 1 atom stereocenters. The normalized spacial score (nSPS) is 12.8. The zero-order chi connectivity index (χ0) is 17.1. The maximum Gasteiger partial charge on any atom is 0.292 e. The second kappa shape index (κ2) is 8.58. The van der Waals surface area contributed by atoms with Gasteiger partial charge in [0.2, 0.25) is 10.0 Å². The minimum Gasteiger partial charge on any atom is -0.329 e. The van der Waals surface area contributed by atoms with Crippen molar-refractivity contribution in [3.05, 3.63) is 33.4 Å². The second-order valence-corrected chi connectivity index (χ2v) is 7.47. The summed E-state index contributed by atoms with van der Waals surface area (Å²) in [6.07, 6.45) is 0.564. The third kappa shape index (κ3) is 5.42. The number of sulfonamides is 1. The molecular formula is C14H24ClN3O4S. The minimum atomic E-state index is -4.02. The zero-order valence-corrected chi connectivity index (χ0v) is 15.3. The maximum atomic E-state index is 12.6. The van der Waals surface area contributed by atoms with E-state index in [0.717, 1.165) is 0 Å². The molecule has 0 saturated heterocycles. The first kappa shape index (κ1) is 21.8. The predicted octanol–water partition coefficient (Wildman–Crippen LogP) is 2.29. The molecule has 23 heavy (non-hydrogen) atoms. The molecule has 0 radical (unpaired) electrons. The number of hydrogen-bond donors (Lipinski definition) is 2. The first-order valence-corrected chi connectivity index (χ1v) is 8.55. The van der Waals surface area contributed by atoms with Crippen LogP contribution < -0.4 is 10.5 Å². The molecule has 7 nitrogen and oxygen atoms in total. The van der Waals surface area contributed by atoms with Crippen LogP contribution in [0.2, 0.25) is 0 Å². The Bertz CT molecular complexity index is 662. The van der Waals surface area contributed by atoms with E-state index < -0.39 is 21.0 Å². The monoisotopic (exact) mass is 365 g/mol. The largest absolute Gasteiger partial charge is 0.329 e. The summed E-state index contributed by atoms with van der Waals surface area (Å²) in [7, 11) is -4.02.